The van der Waals surface area contributed by atoms with Gasteiger partial charge in [-0.3, -0.25) is 0 Å². The minimum Gasteiger partial charge on any atom is -0.462 e. The number of benzene rings is 2. The van der Waals surface area contributed by atoms with Gasteiger partial charge in [-0.1, -0.05) is 18.5 Å². The second-order valence-corrected chi connectivity index (χ2v) is 5.64. The zero-order valence-electron chi connectivity index (χ0n) is 12.6. The van der Waals surface area contributed by atoms with Gasteiger partial charge in [0, 0.05) is 16.4 Å². The highest BCUT2D eigenvalue weighted by Gasteiger charge is 2.06. The van der Waals surface area contributed by atoms with Crippen LogP contribution in [0.1, 0.15) is 23.7 Å². The van der Waals surface area contributed by atoms with E-state index in [0.29, 0.717) is 22.3 Å². The second kappa shape index (κ2) is 8.50. The highest BCUT2D eigenvalue weighted by molar-refractivity contribution is 7.80. The van der Waals surface area contributed by atoms with Crippen LogP contribution < -0.4 is 10.6 Å². The average molecular weight is 349 g/mol. The van der Waals surface area contributed by atoms with Crippen molar-refractivity contribution in [2.24, 2.45) is 0 Å². The number of hydrogen-bond acceptors (Lipinski definition) is 3. The van der Waals surface area contributed by atoms with E-state index in [9.17, 15) is 4.79 Å². The van der Waals surface area contributed by atoms with Gasteiger partial charge in [-0.2, -0.15) is 0 Å². The number of thiocarbonyl (C=S) groups is 1. The smallest absolute Gasteiger partial charge is 0.338 e. The minimum absolute atomic E-state index is 0.319. The molecule has 0 saturated heterocycles. The summed E-state index contributed by atoms with van der Waals surface area (Å²) >= 11 is 11.1. The van der Waals surface area contributed by atoms with E-state index in [1.54, 1.807) is 36.4 Å². The first-order valence-electron chi connectivity index (χ1n) is 7.19. The lowest BCUT2D eigenvalue weighted by Crippen LogP contribution is -2.19. The fourth-order valence-corrected chi connectivity index (χ4v) is 2.16. The molecule has 6 heteroatoms. The van der Waals surface area contributed by atoms with E-state index >= 15 is 0 Å². The van der Waals surface area contributed by atoms with Gasteiger partial charge in [-0.15, -0.1) is 0 Å². The summed E-state index contributed by atoms with van der Waals surface area (Å²) in [5.41, 5.74) is 2.13. The summed E-state index contributed by atoms with van der Waals surface area (Å²) in [6.07, 6.45) is 0.802. The Morgan fingerprint density at radius 1 is 1.04 bits per heavy atom. The van der Waals surface area contributed by atoms with E-state index in [-0.39, 0.29) is 5.97 Å². The Morgan fingerprint density at radius 2 is 1.57 bits per heavy atom. The van der Waals surface area contributed by atoms with Gasteiger partial charge < -0.3 is 15.4 Å². The first-order chi connectivity index (χ1) is 11.1. The van der Waals surface area contributed by atoms with Crippen molar-refractivity contribution >= 4 is 46.3 Å². The number of ether oxygens (including phenoxy) is 1. The largest absolute Gasteiger partial charge is 0.462 e. The van der Waals surface area contributed by atoms with E-state index in [1.807, 2.05) is 19.1 Å². The van der Waals surface area contributed by atoms with Gasteiger partial charge in [0.05, 0.1) is 12.2 Å². The quantitative estimate of drug-likeness (QED) is 0.605. The van der Waals surface area contributed by atoms with Gasteiger partial charge in [-0.05, 0) is 67.2 Å². The molecule has 0 unspecified atom stereocenters. The molecule has 0 heterocycles. The fourth-order valence-electron chi connectivity index (χ4n) is 1.79. The molecule has 2 rings (SSSR count). The number of rotatable bonds is 5. The molecule has 2 aromatic carbocycles. The summed E-state index contributed by atoms with van der Waals surface area (Å²) in [5, 5.41) is 7.22. The summed E-state index contributed by atoms with van der Waals surface area (Å²) in [4.78, 5) is 11.7. The van der Waals surface area contributed by atoms with E-state index < -0.39 is 0 Å². The fraction of sp³-hybridized carbons (Fsp3) is 0.176. The van der Waals surface area contributed by atoms with Crippen molar-refractivity contribution in [1.29, 1.82) is 0 Å². The summed E-state index contributed by atoms with van der Waals surface area (Å²) in [6.45, 7) is 2.38. The monoisotopic (exact) mass is 348 g/mol. The highest BCUT2D eigenvalue weighted by atomic mass is 35.5. The normalized spacial score (nSPS) is 10.0. The number of carbonyl (C=O) groups excluding carboxylic acids is 1. The summed E-state index contributed by atoms with van der Waals surface area (Å²) in [5.74, 6) is -0.319. The Kier molecular flexibility index (Phi) is 6.38. The number of anilines is 2. The number of nitrogens with one attached hydrogen (secondary N) is 2. The molecule has 23 heavy (non-hydrogen) atoms. The van der Waals surface area contributed by atoms with Gasteiger partial charge in [0.2, 0.25) is 0 Å². The molecule has 2 aromatic rings. The van der Waals surface area contributed by atoms with Crippen molar-refractivity contribution in [2.75, 3.05) is 17.2 Å². The molecule has 0 atom stereocenters. The van der Waals surface area contributed by atoms with Crippen molar-refractivity contribution in [3.63, 3.8) is 0 Å². The van der Waals surface area contributed by atoms with E-state index in [2.05, 4.69) is 10.6 Å². The van der Waals surface area contributed by atoms with Crippen molar-refractivity contribution in [2.45, 2.75) is 13.3 Å². The van der Waals surface area contributed by atoms with Crippen LogP contribution in [0.15, 0.2) is 48.5 Å². The molecule has 0 aliphatic heterocycles. The molecule has 0 spiro atoms. The Hall–Kier alpha value is -2.11. The van der Waals surface area contributed by atoms with Gasteiger partial charge >= 0.3 is 5.97 Å². The Labute approximate surface area is 145 Å². The van der Waals surface area contributed by atoms with Crippen LogP contribution in [0.5, 0.6) is 0 Å². The molecule has 0 fully saturated rings. The zero-order valence-corrected chi connectivity index (χ0v) is 14.2. The van der Waals surface area contributed by atoms with Gasteiger partial charge in [-0.25, -0.2) is 4.79 Å². The van der Waals surface area contributed by atoms with Crippen LogP contribution in [0, 0.1) is 0 Å². The molecular weight excluding hydrogens is 332 g/mol. The molecular formula is C17H17ClN2O2S. The molecule has 0 radical (unpaired) electrons. The lowest BCUT2D eigenvalue weighted by Gasteiger charge is -2.11. The number of esters is 1. The molecule has 0 amide bonds. The predicted molar refractivity (Wildman–Crippen MR) is 98.3 cm³/mol. The highest BCUT2D eigenvalue weighted by Crippen LogP contribution is 2.15. The number of hydrogen-bond donors (Lipinski definition) is 2. The van der Waals surface area contributed by atoms with Crippen molar-refractivity contribution < 1.29 is 9.53 Å². The van der Waals surface area contributed by atoms with Crippen molar-refractivity contribution in [3.05, 3.63) is 59.1 Å². The van der Waals surface area contributed by atoms with E-state index in [4.69, 9.17) is 28.6 Å². The molecule has 2 N–H and O–H groups in total. The number of carbonyl (C=O) groups is 1. The molecule has 0 aliphatic rings. The summed E-state index contributed by atoms with van der Waals surface area (Å²) in [6, 6.07) is 14.2. The van der Waals surface area contributed by atoms with Crippen LogP contribution in [0.25, 0.3) is 0 Å². The lowest BCUT2D eigenvalue weighted by molar-refractivity contribution is 0.0505. The van der Waals surface area contributed by atoms with E-state index in [0.717, 1.165) is 17.8 Å². The van der Waals surface area contributed by atoms with Crippen molar-refractivity contribution in [1.82, 2.24) is 0 Å². The lowest BCUT2D eigenvalue weighted by atomic mass is 10.2. The Bertz CT molecular complexity index is 672. The third kappa shape index (κ3) is 5.54. The van der Waals surface area contributed by atoms with Crippen LogP contribution in [-0.2, 0) is 4.74 Å². The molecule has 4 nitrogen and oxygen atoms in total. The summed E-state index contributed by atoms with van der Waals surface area (Å²) < 4.78 is 5.08. The predicted octanol–water partition coefficient (Wildman–Crippen LogP) is 4.72. The minimum atomic E-state index is -0.319. The molecule has 0 saturated carbocycles. The Morgan fingerprint density at radius 3 is 2.09 bits per heavy atom. The SMILES string of the molecule is CCCOC(=O)c1ccc(NC(=S)Nc2ccc(Cl)cc2)cc1. The van der Waals surface area contributed by atoms with E-state index in [1.165, 1.54) is 0 Å². The van der Waals surface area contributed by atoms with Crippen LogP contribution in [0.3, 0.4) is 0 Å². The topological polar surface area (TPSA) is 50.4 Å². The Balaban J connectivity index is 1.91. The first-order valence-corrected chi connectivity index (χ1v) is 7.98. The molecule has 0 aliphatic carbocycles. The van der Waals surface area contributed by atoms with Gasteiger partial charge in [0.1, 0.15) is 0 Å². The first kappa shape index (κ1) is 17.2. The standard InChI is InChI=1S/C17H17ClN2O2S/c1-2-11-22-16(21)12-3-7-14(8-4-12)19-17(23)20-15-9-5-13(18)6-10-15/h3-10H,2,11H2,1H3,(H2,19,20,23). The van der Waals surface area contributed by atoms with Crippen LogP contribution in [0.4, 0.5) is 11.4 Å². The van der Waals surface area contributed by atoms with Crippen molar-refractivity contribution in [3.8, 4) is 0 Å². The van der Waals surface area contributed by atoms with Crippen LogP contribution >= 0.6 is 23.8 Å². The maximum absolute atomic E-state index is 11.7. The third-order valence-corrected chi connectivity index (χ3v) is 3.37. The van der Waals surface area contributed by atoms with Crippen LogP contribution in [0.2, 0.25) is 5.02 Å². The molecule has 0 bridgehead atoms. The maximum Gasteiger partial charge on any atom is 0.338 e. The molecule has 120 valence electrons. The van der Waals surface area contributed by atoms with Gasteiger partial charge in [0.15, 0.2) is 5.11 Å². The maximum atomic E-state index is 11.7. The second-order valence-electron chi connectivity index (χ2n) is 4.80. The number of halogens is 1. The third-order valence-electron chi connectivity index (χ3n) is 2.92. The summed E-state index contributed by atoms with van der Waals surface area (Å²) in [7, 11) is 0. The average Bonchev–Trinajstić information content (AvgIpc) is 2.55. The zero-order chi connectivity index (χ0) is 16.7. The molecule has 0 aromatic heterocycles. The van der Waals surface area contributed by atoms with Gasteiger partial charge in [0.25, 0.3) is 0 Å². The van der Waals surface area contributed by atoms with Crippen LogP contribution in [-0.4, -0.2) is 17.7 Å².